The molecular formula is C15H19N5O4. The molecule has 0 spiro atoms. The smallest absolute Gasteiger partial charge is 0.306 e. The van der Waals surface area contributed by atoms with Crippen LogP contribution in [0.1, 0.15) is 32.1 Å². The predicted molar refractivity (Wildman–Crippen MR) is 84.3 cm³/mol. The van der Waals surface area contributed by atoms with Crippen LogP contribution < -0.4 is 10.9 Å². The minimum absolute atomic E-state index is 0.0357. The zero-order valence-electron chi connectivity index (χ0n) is 13.1. The first-order valence-electron chi connectivity index (χ1n) is 7.95. The molecule has 0 bridgehead atoms. The van der Waals surface area contributed by atoms with Gasteiger partial charge in [0, 0.05) is 19.0 Å². The molecule has 1 saturated carbocycles. The van der Waals surface area contributed by atoms with Crippen LogP contribution in [0.3, 0.4) is 0 Å². The second-order valence-electron chi connectivity index (χ2n) is 6.05. The van der Waals surface area contributed by atoms with Gasteiger partial charge in [-0.1, -0.05) is 0 Å². The fourth-order valence-electron chi connectivity index (χ4n) is 3.06. The zero-order valence-corrected chi connectivity index (χ0v) is 13.1. The third-order valence-corrected chi connectivity index (χ3v) is 4.43. The van der Waals surface area contributed by atoms with Crippen LogP contribution in [0.5, 0.6) is 0 Å². The van der Waals surface area contributed by atoms with E-state index in [0.29, 0.717) is 37.9 Å². The highest BCUT2D eigenvalue weighted by molar-refractivity contribution is 5.76. The van der Waals surface area contributed by atoms with Crippen LogP contribution in [0.2, 0.25) is 0 Å². The molecule has 2 aromatic rings. The molecule has 0 unspecified atom stereocenters. The van der Waals surface area contributed by atoms with Crippen molar-refractivity contribution in [3.8, 4) is 0 Å². The summed E-state index contributed by atoms with van der Waals surface area (Å²) in [5, 5.41) is 11.9. The summed E-state index contributed by atoms with van der Waals surface area (Å²) in [6.07, 6.45) is 5.63. The average Bonchev–Trinajstić information content (AvgIpc) is 2.98. The number of imidazole rings is 1. The first-order valence-corrected chi connectivity index (χ1v) is 7.95. The van der Waals surface area contributed by atoms with Gasteiger partial charge in [0.2, 0.25) is 5.91 Å². The van der Waals surface area contributed by atoms with Crippen molar-refractivity contribution in [2.75, 3.05) is 0 Å². The van der Waals surface area contributed by atoms with Crippen molar-refractivity contribution >= 4 is 23.0 Å². The molecule has 3 rings (SSSR count). The van der Waals surface area contributed by atoms with Crippen molar-refractivity contribution in [3.05, 3.63) is 23.0 Å². The molecule has 1 aliphatic carbocycles. The lowest BCUT2D eigenvalue weighted by atomic mass is 9.86. The highest BCUT2D eigenvalue weighted by Gasteiger charge is 2.26. The van der Waals surface area contributed by atoms with Gasteiger partial charge < -0.3 is 20.0 Å². The number of carboxylic acids is 1. The molecule has 2 aromatic heterocycles. The van der Waals surface area contributed by atoms with E-state index in [1.165, 1.54) is 12.7 Å². The molecule has 9 heteroatoms. The lowest BCUT2D eigenvalue weighted by Crippen LogP contribution is -2.39. The third kappa shape index (κ3) is 3.44. The number of aryl methyl sites for hydroxylation is 1. The number of fused-ring (bicyclic) bond motifs is 1. The lowest BCUT2D eigenvalue weighted by Gasteiger charge is -2.26. The van der Waals surface area contributed by atoms with Crippen LogP contribution in [0.25, 0.3) is 11.2 Å². The topological polar surface area (TPSA) is 130 Å². The summed E-state index contributed by atoms with van der Waals surface area (Å²) in [5.74, 6) is -1.14. The number of nitrogens with one attached hydrogen (secondary N) is 2. The number of rotatable bonds is 5. The molecule has 2 heterocycles. The number of aromatic amines is 1. The number of H-pyrrole nitrogens is 1. The van der Waals surface area contributed by atoms with Gasteiger partial charge in [0.15, 0.2) is 11.2 Å². The van der Waals surface area contributed by atoms with Gasteiger partial charge in [0.25, 0.3) is 5.56 Å². The molecular weight excluding hydrogens is 314 g/mol. The maximum Gasteiger partial charge on any atom is 0.306 e. The highest BCUT2D eigenvalue weighted by atomic mass is 16.4. The number of aliphatic carboxylic acids is 1. The molecule has 1 aliphatic rings. The Morgan fingerprint density at radius 3 is 2.75 bits per heavy atom. The van der Waals surface area contributed by atoms with Crippen LogP contribution in [0, 0.1) is 5.92 Å². The third-order valence-electron chi connectivity index (χ3n) is 4.43. The fraction of sp³-hybridized carbons (Fsp3) is 0.533. The van der Waals surface area contributed by atoms with E-state index in [1.807, 2.05) is 0 Å². The molecule has 128 valence electrons. The van der Waals surface area contributed by atoms with Gasteiger partial charge >= 0.3 is 5.97 Å². The van der Waals surface area contributed by atoms with Crippen LogP contribution in [0.15, 0.2) is 17.4 Å². The van der Waals surface area contributed by atoms with Crippen molar-refractivity contribution in [1.29, 1.82) is 0 Å². The molecule has 3 N–H and O–H groups in total. The number of aromatic nitrogens is 4. The SMILES string of the molecule is O=C(CCn1cnc2c(=O)[nH]cnc21)NC1CCC(C(=O)O)CC1. The van der Waals surface area contributed by atoms with Crippen molar-refractivity contribution < 1.29 is 14.7 Å². The summed E-state index contributed by atoms with van der Waals surface area (Å²) in [7, 11) is 0. The standard InChI is InChI=1S/C15H19N5O4/c21-11(19-10-3-1-9(2-4-10)15(23)24)5-6-20-8-18-12-13(20)16-7-17-14(12)22/h7-10H,1-6H2,(H,19,21)(H,23,24)(H,16,17,22). The van der Waals surface area contributed by atoms with Crippen molar-refractivity contribution in [2.24, 2.45) is 5.92 Å². The van der Waals surface area contributed by atoms with E-state index in [9.17, 15) is 14.4 Å². The molecule has 0 atom stereocenters. The second-order valence-corrected chi connectivity index (χ2v) is 6.05. The van der Waals surface area contributed by atoms with E-state index < -0.39 is 5.97 Å². The molecule has 0 aromatic carbocycles. The normalized spacial score (nSPS) is 20.8. The van der Waals surface area contributed by atoms with Crippen LogP contribution >= 0.6 is 0 Å². The summed E-state index contributed by atoms with van der Waals surface area (Å²) in [6.45, 7) is 0.378. The Bertz CT molecular complexity index is 804. The number of carbonyl (C=O) groups excluding carboxylic acids is 1. The van der Waals surface area contributed by atoms with E-state index in [4.69, 9.17) is 5.11 Å². The van der Waals surface area contributed by atoms with Crippen LogP contribution in [0.4, 0.5) is 0 Å². The van der Waals surface area contributed by atoms with E-state index in [0.717, 1.165) is 0 Å². The predicted octanol–water partition coefficient (Wildman–Crippen LogP) is 0.269. The fourth-order valence-corrected chi connectivity index (χ4v) is 3.06. The van der Waals surface area contributed by atoms with Gasteiger partial charge in [-0.25, -0.2) is 9.97 Å². The van der Waals surface area contributed by atoms with Gasteiger partial charge in [-0.15, -0.1) is 0 Å². The van der Waals surface area contributed by atoms with Gasteiger partial charge in [-0.2, -0.15) is 0 Å². The van der Waals surface area contributed by atoms with Gasteiger partial charge in [0.05, 0.1) is 18.6 Å². The van der Waals surface area contributed by atoms with Crippen LogP contribution in [-0.4, -0.2) is 42.5 Å². The maximum atomic E-state index is 12.1. The molecule has 1 fully saturated rings. The van der Waals surface area contributed by atoms with Crippen molar-refractivity contribution in [3.63, 3.8) is 0 Å². The Balaban J connectivity index is 1.52. The largest absolute Gasteiger partial charge is 0.481 e. The number of hydrogen-bond donors (Lipinski definition) is 3. The molecule has 0 radical (unpaired) electrons. The summed E-state index contributed by atoms with van der Waals surface area (Å²) in [5.41, 5.74) is 0.400. The molecule has 0 aliphatic heterocycles. The lowest BCUT2D eigenvalue weighted by molar-refractivity contribution is -0.142. The van der Waals surface area contributed by atoms with E-state index >= 15 is 0 Å². The highest BCUT2D eigenvalue weighted by Crippen LogP contribution is 2.24. The van der Waals surface area contributed by atoms with Gasteiger partial charge in [-0.05, 0) is 25.7 Å². The average molecular weight is 333 g/mol. The zero-order chi connectivity index (χ0) is 17.1. The Morgan fingerprint density at radius 1 is 1.29 bits per heavy atom. The second kappa shape index (κ2) is 6.81. The first kappa shape index (κ1) is 16.2. The Labute approximate surface area is 137 Å². The number of carboxylic acid groups (broad SMARTS) is 1. The molecule has 1 amide bonds. The van der Waals surface area contributed by atoms with Crippen LogP contribution in [-0.2, 0) is 16.1 Å². The first-order chi connectivity index (χ1) is 11.5. The Hall–Kier alpha value is -2.71. The number of nitrogens with zero attached hydrogens (tertiary/aromatic N) is 3. The minimum Gasteiger partial charge on any atom is -0.481 e. The van der Waals surface area contributed by atoms with Gasteiger partial charge in [-0.3, -0.25) is 14.4 Å². The van der Waals surface area contributed by atoms with E-state index in [2.05, 4.69) is 20.3 Å². The number of hydrogen-bond acceptors (Lipinski definition) is 5. The maximum absolute atomic E-state index is 12.1. The Kier molecular flexibility index (Phi) is 4.59. The summed E-state index contributed by atoms with van der Waals surface area (Å²) in [4.78, 5) is 45.1. The monoisotopic (exact) mass is 333 g/mol. The molecule has 9 nitrogen and oxygen atoms in total. The van der Waals surface area contributed by atoms with E-state index in [1.54, 1.807) is 4.57 Å². The van der Waals surface area contributed by atoms with E-state index in [-0.39, 0.29) is 35.4 Å². The number of carbonyl (C=O) groups is 2. The molecule has 0 saturated heterocycles. The minimum atomic E-state index is -0.755. The summed E-state index contributed by atoms with van der Waals surface area (Å²) < 4.78 is 1.67. The number of amides is 1. The van der Waals surface area contributed by atoms with Crippen molar-refractivity contribution in [2.45, 2.75) is 44.7 Å². The Morgan fingerprint density at radius 2 is 2.04 bits per heavy atom. The van der Waals surface area contributed by atoms with Gasteiger partial charge in [0.1, 0.15) is 0 Å². The molecule has 24 heavy (non-hydrogen) atoms. The van der Waals surface area contributed by atoms with Crippen molar-refractivity contribution in [1.82, 2.24) is 24.8 Å². The summed E-state index contributed by atoms with van der Waals surface area (Å²) in [6, 6.07) is 0.0357. The quantitative estimate of drug-likeness (QED) is 0.720. The summed E-state index contributed by atoms with van der Waals surface area (Å²) >= 11 is 0.